The summed E-state index contributed by atoms with van der Waals surface area (Å²) in [5.74, 6) is -2.01. The van der Waals surface area contributed by atoms with Crippen LogP contribution in [0.3, 0.4) is 0 Å². The third-order valence-electron chi connectivity index (χ3n) is 7.84. The number of carbonyl (C=O) groups is 2. The van der Waals surface area contributed by atoms with Crippen LogP contribution in [-0.4, -0.2) is 45.8 Å². The number of nitrogens with zero attached hydrogens (tertiary/aromatic N) is 3. The van der Waals surface area contributed by atoms with E-state index in [1.54, 1.807) is 55.5 Å². The molecule has 0 aliphatic carbocycles. The first-order chi connectivity index (χ1) is 17.3. The largest absolute Gasteiger partial charge is 0.478 e. The fraction of sp³-hybridized carbons (Fsp3) is 0.333. The van der Waals surface area contributed by atoms with Gasteiger partial charge in [-0.25, -0.2) is 9.88 Å². The minimum absolute atomic E-state index is 0.167. The Labute approximate surface area is 212 Å². The molecule has 0 spiro atoms. The summed E-state index contributed by atoms with van der Waals surface area (Å²) in [6.45, 7) is 1.87. The van der Waals surface area contributed by atoms with E-state index in [-0.39, 0.29) is 25.4 Å². The van der Waals surface area contributed by atoms with E-state index in [0.717, 1.165) is 0 Å². The fourth-order valence-electron chi connectivity index (χ4n) is 6.24. The number of benzene rings is 2. The topological polar surface area (TPSA) is 113 Å². The van der Waals surface area contributed by atoms with Crippen molar-refractivity contribution in [3.05, 3.63) is 65.3 Å². The second kappa shape index (κ2) is 8.00. The van der Waals surface area contributed by atoms with Gasteiger partial charge >= 0.3 is 0 Å². The highest BCUT2D eigenvalue weighted by atomic mass is 35.5. The van der Waals surface area contributed by atoms with Crippen LogP contribution in [0.1, 0.15) is 25.3 Å². The summed E-state index contributed by atoms with van der Waals surface area (Å²) in [7, 11) is 0. The average molecular weight is 504 g/mol. The van der Waals surface area contributed by atoms with Crippen LogP contribution in [0.2, 0.25) is 5.15 Å². The second-order valence-corrected chi connectivity index (χ2v) is 10.1. The Morgan fingerprint density at radius 2 is 1.89 bits per heavy atom. The number of amides is 2. The Hall–Kier alpha value is -3.51. The molecule has 2 amide bonds. The molecule has 9 heteroatoms. The van der Waals surface area contributed by atoms with E-state index in [1.165, 1.54) is 4.90 Å². The van der Waals surface area contributed by atoms with E-state index in [9.17, 15) is 20.0 Å². The lowest BCUT2D eigenvalue weighted by atomic mass is 9.66. The molecule has 2 bridgehead atoms. The molecule has 0 radical (unpaired) electrons. The number of aromatic nitrogens is 1. The Balaban J connectivity index is 1.36. The normalized spacial score (nSPS) is 30.6. The van der Waals surface area contributed by atoms with Gasteiger partial charge in [0, 0.05) is 29.7 Å². The van der Waals surface area contributed by atoms with Gasteiger partial charge in [-0.2, -0.15) is 5.26 Å². The monoisotopic (exact) mass is 503 g/mol. The maximum Gasteiger partial charge on any atom is 0.240 e. The number of ether oxygens (including phenoxy) is 2. The van der Waals surface area contributed by atoms with Crippen molar-refractivity contribution in [2.24, 2.45) is 11.8 Å². The molecule has 3 aliphatic heterocycles. The van der Waals surface area contributed by atoms with Crippen LogP contribution < -0.4 is 9.64 Å². The van der Waals surface area contributed by atoms with Crippen LogP contribution in [0, 0.1) is 23.2 Å². The van der Waals surface area contributed by atoms with Gasteiger partial charge in [-0.15, -0.1) is 0 Å². The van der Waals surface area contributed by atoms with Gasteiger partial charge in [0.1, 0.15) is 10.8 Å². The Bertz CT molecular complexity index is 1470. The highest BCUT2D eigenvalue weighted by Gasteiger charge is 2.77. The maximum atomic E-state index is 13.9. The molecule has 0 saturated carbocycles. The quantitative estimate of drug-likeness (QED) is 0.418. The standard InChI is InChI=1S/C27H22ClN3O5/c1-26-19(32)13-27(36-26,11-12-35-21-8-4-7-20(28)30-21)23-22(26)24(33)31(25(23)34)18-10-9-15(14-29)16-5-2-3-6-17(16)18/h2-10,19,22-23,32H,11-13H2,1H3. The molecule has 1 aromatic heterocycles. The highest BCUT2D eigenvalue weighted by molar-refractivity contribution is 6.29. The van der Waals surface area contributed by atoms with Gasteiger partial charge in [0.15, 0.2) is 0 Å². The van der Waals surface area contributed by atoms with Crippen molar-refractivity contribution in [1.82, 2.24) is 4.98 Å². The molecule has 3 saturated heterocycles. The summed E-state index contributed by atoms with van der Waals surface area (Å²) in [5.41, 5.74) is -1.35. The number of imide groups is 1. The summed E-state index contributed by atoms with van der Waals surface area (Å²) in [5, 5.41) is 22.1. The number of hydrogen-bond acceptors (Lipinski definition) is 7. The van der Waals surface area contributed by atoms with E-state index in [0.29, 0.717) is 33.1 Å². The number of nitriles is 1. The second-order valence-electron chi connectivity index (χ2n) is 9.72. The van der Waals surface area contributed by atoms with Gasteiger partial charge in [0.2, 0.25) is 17.7 Å². The number of aliphatic hydroxyl groups is 1. The molecule has 3 fully saturated rings. The van der Waals surface area contributed by atoms with Gasteiger partial charge in [-0.3, -0.25) is 9.59 Å². The van der Waals surface area contributed by atoms with Crippen LogP contribution in [0.4, 0.5) is 5.69 Å². The molecule has 3 aromatic rings. The van der Waals surface area contributed by atoms with E-state index in [4.69, 9.17) is 21.1 Å². The first-order valence-electron chi connectivity index (χ1n) is 11.7. The first-order valence-corrected chi connectivity index (χ1v) is 12.1. The number of pyridine rings is 1. The number of carbonyl (C=O) groups excluding carboxylic acids is 2. The lowest BCUT2D eigenvalue weighted by Crippen LogP contribution is -2.49. The highest BCUT2D eigenvalue weighted by Crippen LogP contribution is 2.62. The number of anilines is 1. The van der Waals surface area contributed by atoms with Gasteiger partial charge < -0.3 is 14.6 Å². The molecule has 8 nitrogen and oxygen atoms in total. The Morgan fingerprint density at radius 1 is 1.14 bits per heavy atom. The van der Waals surface area contributed by atoms with E-state index in [1.807, 2.05) is 6.07 Å². The minimum atomic E-state index is -1.19. The SMILES string of the molecule is CC12OC(CCOc3cccc(Cl)n3)(CC1O)C1C(=O)N(c3ccc(C#N)c4ccccc34)C(=O)C12. The number of fused-ring (bicyclic) bond motifs is 6. The molecule has 36 heavy (non-hydrogen) atoms. The van der Waals surface area contributed by atoms with Crippen molar-refractivity contribution >= 4 is 39.9 Å². The van der Waals surface area contributed by atoms with E-state index >= 15 is 0 Å². The first kappa shape index (κ1) is 22.9. The zero-order chi connectivity index (χ0) is 25.2. The van der Waals surface area contributed by atoms with Gasteiger partial charge in [0.05, 0.1) is 47.5 Å². The minimum Gasteiger partial charge on any atom is -0.478 e. The van der Waals surface area contributed by atoms with Crippen molar-refractivity contribution in [2.75, 3.05) is 11.5 Å². The zero-order valence-electron chi connectivity index (χ0n) is 19.3. The lowest BCUT2D eigenvalue weighted by molar-refractivity contribution is -0.134. The summed E-state index contributed by atoms with van der Waals surface area (Å²) in [6.07, 6.45) is -0.397. The Morgan fingerprint density at radius 3 is 2.64 bits per heavy atom. The molecule has 1 N–H and O–H groups in total. The molecule has 5 unspecified atom stereocenters. The van der Waals surface area contributed by atoms with E-state index < -0.39 is 35.0 Å². The molecular formula is C27H22ClN3O5. The lowest BCUT2D eigenvalue weighted by Gasteiger charge is -2.33. The average Bonchev–Trinajstić information content (AvgIpc) is 3.39. The molecule has 4 heterocycles. The molecule has 5 atom stereocenters. The number of rotatable bonds is 5. The van der Waals surface area contributed by atoms with Crippen LogP contribution in [-0.2, 0) is 14.3 Å². The van der Waals surface area contributed by atoms with Crippen molar-refractivity contribution in [2.45, 2.75) is 37.1 Å². The predicted molar refractivity (Wildman–Crippen MR) is 130 cm³/mol. The molecular weight excluding hydrogens is 482 g/mol. The van der Waals surface area contributed by atoms with E-state index in [2.05, 4.69) is 11.1 Å². The number of aliphatic hydroxyl groups excluding tert-OH is 1. The van der Waals surface area contributed by atoms with Crippen LogP contribution in [0.25, 0.3) is 10.8 Å². The van der Waals surface area contributed by atoms with Crippen molar-refractivity contribution in [1.29, 1.82) is 5.26 Å². The zero-order valence-corrected chi connectivity index (χ0v) is 20.1. The van der Waals surface area contributed by atoms with Gasteiger partial charge in [-0.05, 0) is 25.1 Å². The summed E-state index contributed by atoms with van der Waals surface area (Å²) in [4.78, 5) is 33.1. The summed E-state index contributed by atoms with van der Waals surface area (Å²) in [6, 6.07) is 17.7. The fourth-order valence-corrected chi connectivity index (χ4v) is 6.39. The third-order valence-corrected chi connectivity index (χ3v) is 8.05. The van der Waals surface area contributed by atoms with Crippen LogP contribution in [0.5, 0.6) is 5.88 Å². The molecule has 182 valence electrons. The van der Waals surface area contributed by atoms with Gasteiger partial charge in [-0.1, -0.05) is 41.9 Å². The van der Waals surface area contributed by atoms with Crippen LogP contribution >= 0.6 is 11.6 Å². The van der Waals surface area contributed by atoms with Crippen molar-refractivity contribution in [3.63, 3.8) is 0 Å². The Kier molecular flexibility index (Phi) is 5.09. The van der Waals surface area contributed by atoms with Crippen LogP contribution in [0.15, 0.2) is 54.6 Å². The third kappa shape index (κ3) is 3.10. The smallest absolute Gasteiger partial charge is 0.240 e. The van der Waals surface area contributed by atoms with Gasteiger partial charge in [0.25, 0.3) is 0 Å². The summed E-state index contributed by atoms with van der Waals surface area (Å²) < 4.78 is 12.1. The summed E-state index contributed by atoms with van der Waals surface area (Å²) >= 11 is 5.94. The maximum absolute atomic E-state index is 13.9. The van der Waals surface area contributed by atoms with Crippen molar-refractivity contribution < 1.29 is 24.2 Å². The molecule has 6 rings (SSSR count). The van der Waals surface area contributed by atoms with Crippen molar-refractivity contribution in [3.8, 4) is 11.9 Å². The number of hydrogen-bond donors (Lipinski definition) is 1. The predicted octanol–water partition coefficient (Wildman–Crippen LogP) is 3.63. The number of halogens is 1. The molecule has 2 aromatic carbocycles. The molecule has 3 aliphatic rings.